The average Bonchev–Trinajstić information content (AvgIpc) is 2.21. The van der Waals surface area contributed by atoms with E-state index in [1.807, 2.05) is 0 Å². The zero-order valence-electron chi connectivity index (χ0n) is 7.05. The summed E-state index contributed by atoms with van der Waals surface area (Å²) in [7, 11) is 0. The molecule has 2 rings (SSSR count). The highest BCUT2D eigenvalue weighted by atomic mass is 79.9. The van der Waals surface area contributed by atoms with Gasteiger partial charge in [-0.05, 0) is 15.9 Å². The molecule has 0 aliphatic carbocycles. The maximum atomic E-state index is 5.36. The van der Waals surface area contributed by atoms with E-state index < -0.39 is 0 Å². The van der Waals surface area contributed by atoms with Crippen molar-refractivity contribution in [1.82, 2.24) is 19.9 Å². The Balaban J connectivity index is 2.40. The first kappa shape index (κ1) is 9.01. The van der Waals surface area contributed by atoms with Crippen LogP contribution in [0.5, 0.6) is 0 Å². The van der Waals surface area contributed by atoms with Gasteiger partial charge >= 0.3 is 0 Å². The Labute approximate surface area is 88.6 Å². The molecule has 6 heteroatoms. The largest absolute Gasteiger partial charge is 0.368 e. The van der Waals surface area contributed by atoms with E-state index in [1.54, 1.807) is 24.8 Å². The summed E-state index contributed by atoms with van der Waals surface area (Å²) < 4.78 is 0.692. The summed E-state index contributed by atoms with van der Waals surface area (Å²) in [5, 5.41) is 0. The van der Waals surface area contributed by atoms with Crippen molar-refractivity contribution >= 4 is 21.9 Å². The minimum Gasteiger partial charge on any atom is -0.368 e. The Bertz CT molecular complexity index is 381. The lowest BCUT2D eigenvalue weighted by atomic mass is 10.2. The average molecular weight is 252 g/mol. The van der Waals surface area contributed by atoms with Crippen molar-refractivity contribution in [1.29, 1.82) is 0 Å². The van der Waals surface area contributed by atoms with Gasteiger partial charge in [0, 0.05) is 18.0 Å². The normalized spacial score (nSPS) is 10.1. The highest BCUT2D eigenvalue weighted by Gasteiger charge is 2.00. The van der Waals surface area contributed by atoms with E-state index in [0.717, 1.165) is 5.56 Å². The van der Waals surface area contributed by atoms with Gasteiger partial charge in [-0.1, -0.05) is 0 Å². The Kier molecular flexibility index (Phi) is 2.36. The molecule has 0 atom stereocenters. The lowest BCUT2D eigenvalue weighted by molar-refractivity contribution is 1.14. The lowest BCUT2D eigenvalue weighted by Gasteiger charge is -1.98. The van der Waals surface area contributed by atoms with E-state index in [-0.39, 0.29) is 5.95 Å². The van der Waals surface area contributed by atoms with Gasteiger partial charge in [0.05, 0.1) is 18.1 Å². The van der Waals surface area contributed by atoms with Crippen LogP contribution in [-0.4, -0.2) is 19.9 Å². The summed E-state index contributed by atoms with van der Waals surface area (Å²) in [6, 6.07) is 0. The monoisotopic (exact) mass is 251 g/mol. The van der Waals surface area contributed by atoms with E-state index in [0.29, 0.717) is 10.3 Å². The number of nitrogen functional groups attached to an aromatic ring is 1. The van der Waals surface area contributed by atoms with Crippen LogP contribution in [-0.2, 0) is 0 Å². The third-order valence-electron chi connectivity index (χ3n) is 1.59. The van der Waals surface area contributed by atoms with E-state index in [2.05, 4.69) is 35.9 Å². The molecule has 0 fully saturated rings. The summed E-state index contributed by atoms with van der Waals surface area (Å²) in [5.74, 6) is 0.249. The fraction of sp³-hybridized carbons (Fsp3) is 0. The number of aromatic nitrogens is 4. The van der Waals surface area contributed by atoms with Gasteiger partial charge in [0.1, 0.15) is 4.60 Å². The predicted molar refractivity (Wildman–Crippen MR) is 55.2 cm³/mol. The van der Waals surface area contributed by atoms with Gasteiger partial charge in [-0.3, -0.25) is 4.98 Å². The zero-order chi connectivity index (χ0) is 9.97. The number of rotatable bonds is 1. The Morgan fingerprint density at radius 2 is 1.64 bits per heavy atom. The molecule has 14 heavy (non-hydrogen) atoms. The highest BCUT2D eigenvalue weighted by Crippen LogP contribution is 2.14. The van der Waals surface area contributed by atoms with Crippen LogP contribution in [0.25, 0.3) is 11.3 Å². The van der Waals surface area contributed by atoms with Crippen LogP contribution < -0.4 is 5.73 Å². The van der Waals surface area contributed by atoms with Gasteiger partial charge in [-0.2, -0.15) is 0 Å². The molecule has 0 aliphatic rings. The number of hydrogen-bond acceptors (Lipinski definition) is 5. The van der Waals surface area contributed by atoms with Crippen molar-refractivity contribution in [2.45, 2.75) is 0 Å². The molecule has 0 amide bonds. The summed E-state index contributed by atoms with van der Waals surface area (Å²) in [4.78, 5) is 15.9. The first-order chi connectivity index (χ1) is 6.75. The van der Waals surface area contributed by atoms with Crippen molar-refractivity contribution in [3.8, 4) is 11.3 Å². The number of halogens is 1. The quantitative estimate of drug-likeness (QED) is 0.827. The van der Waals surface area contributed by atoms with Crippen molar-refractivity contribution < 1.29 is 0 Å². The van der Waals surface area contributed by atoms with Crippen molar-refractivity contribution in [3.63, 3.8) is 0 Å². The SMILES string of the molecule is Nc1ncc(-c2cnc(Br)cn2)cn1. The van der Waals surface area contributed by atoms with E-state index in [4.69, 9.17) is 5.73 Å². The third kappa shape index (κ3) is 1.85. The number of hydrogen-bond donors (Lipinski definition) is 1. The van der Waals surface area contributed by atoms with E-state index >= 15 is 0 Å². The van der Waals surface area contributed by atoms with Crippen LogP contribution >= 0.6 is 15.9 Å². The summed E-state index contributed by atoms with van der Waals surface area (Å²) >= 11 is 3.20. The maximum Gasteiger partial charge on any atom is 0.219 e. The van der Waals surface area contributed by atoms with Crippen molar-refractivity contribution in [2.75, 3.05) is 5.73 Å². The van der Waals surface area contributed by atoms with Gasteiger partial charge in [0.2, 0.25) is 5.95 Å². The first-order valence-electron chi connectivity index (χ1n) is 3.81. The fourth-order valence-electron chi connectivity index (χ4n) is 0.932. The minimum atomic E-state index is 0.249. The van der Waals surface area contributed by atoms with Crippen LogP contribution in [0.1, 0.15) is 0 Å². The molecule has 0 unspecified atom stereocenters. The molecule has 0 bridgehead atoms. The van der Waals surface area contributed by atoms with Gasteiger partial charge in [0.15, 0.2) is 0 Å². The van der Waals surface area contributed by atoms with E-state index in [1.165, 1.54) is 0 Å². The van der Waals surface area contributed by atoms with Gasteiger partial charge < -0.3 is 5.73 Å². The Hall–Kier alpha value is -1.56. The number of anilines is 1. The van der Waals surface area contributed by atoms with E-state index in [9.17, 15) is 0 Å². The molecular formula is C8H6BrN5. The number of nitrogens with two attached hydrogens (primary N) is 1. The zero-order valence-corrected chi connectivity index (χ0v) is 8.64. The Morgan fingerprint density at radius 1 is 0.929 bits per heavy atom. The van der Waals surface area contributed by atoms with Crippen LogP contribution in [0.15, 0.2) is 29.4 Å². The molecule has 0 aliphatic heterocycles. The second kappa shape index (κ2) is 3.67. The second-order valence-electron chi connectivity index (χ2n) is 2.55. The molecule has 0 saturated carbocycles. The Morgan fingerprint density at radius 3 is 2.21 bits per heavy atom. The molecule has 70 valence electrons. The molecule has 0 spiro atoms. The summed E-state index contributed by atoms with van der Waals surface area (Å²) in [6.07, 6.45) is 6.48. The van der Waals surface area contributed by atoms with Crippen molar-refractivity contribution in [3.05, 3.63) is 29.4 Å². The summed E-state index contributed by atoms with van der Waals surface area (Å²) in [6.45, 7) is 0. The van der Waals surface area contributed by atoms with Gasteiger partial charge in [0.25, 0.3) is 0 Å². The molecule has 2 N–H and O–H groups in total. The smallest absolute Gasteiger partial charge is 0.219 e. The third-order valence-corrected chi connectivity index (χ3v) is 2.00. The predicted octanol–water partition coefficient (Wildman–Crippen LogP) is 1.28. The standard InChI is InChI=1S/C8H6BrN5/c9-7-4-11-6(3-12-7)5-1-13-8(10)14-2-5/h1-4H,(H2,10,13,14). The maximum absolute atomic E-state index is 5.36. The molecule has 0 radical (unpaired) electrons. The topological polar surface area (TPSA) is 77.6 Å². The molecule has 0 aromatic carbocycles. The van der Waals surface area contributed by atoms with Crippen LogP contribution in [0, 0.1) is 0 Å². The van der Waals surface area contributed by atoms with Gasteiger partial charge in [-0.15, -0.1) is 0 Å². The van der Waals surface area contributed by atoms with Crippen LogP contribution in [0.2, 0.25) is 0 Å². The molecule has 0 saturated heterocycles. The van der Waals surface area contributed by atoms with Crippen molar-refractivity contribution in [2.24, 2.45) is 0 Å². The lowest BCUT2D eigenvalue weighted by Crippen LogP contribution is -1.94. The molecule has 2 aromatic rings. The molecular weight excluding hydrogens is 246 g/mol. The van der Waals surface area contributed by atoms with Crippen LogP contribution in [0.4, 0.5) is 5.95 Å². The molecule has 2 heterocycles. The summed E-state index contributed by atoms with van der Waals surface area (Å²) in [5.41, 5.74) is 6.87. The fourth-order valence-corrected chi connectivity index (χ4v) is 1.14. The second-order valence-corrected chi connectivity index (χ2v) is 3.37. The molecule has 5 nitrogen and oxygen atoms in total. The molecule has 2 aromatic heterocycles. The van der Waals surface area contributed by atoms with Crippen LogP contribution in [0.3, 0.4) is 0 Å². The number of nitrogens with zero attached hydrogens (tertiary/aromatic N) is 4. The highest BCUT2D eigenvalue weighted by molar-refractivity contribution is 9.10. The minimum absolute atomic E-state index is 0.249. The van der Waals surface area contributed by atoms with Gasteiger partial charge in [-0.25, -0.2) is 15.0 Å². The first-order valence-corrected chi connectivity index (χ1v) is 4.60.